The molecule has 1 unspecified atom stereocenters. The molecule has 0 saturated heterocycles. The number of aromatic nitrogens is 1. The number of aliphatic carboxylic acids is 1. The van der Waals surface area contributed by atoms with Gasteiger partial charge in [0.2, 0.25) is 0 Å². The summed E-state index contributed by atoms with van der Waals surface area (Å²) < 4.78 is 5.48. The van der Waals surface area contributed by atoms with Gasteiger partial charge in [0.15, 0.2) is 0 Å². The average molecular weight is 339 g/mol. The molecular formula is C19H17NO3S. The second-order valence-electron chi connectivity index (χ2n) is 5.34. The molecule has 1 N–H and O–H groups in total. The highest BCUT2D eigenvalue weighted by atomic mass is 32.1. The molecule has 122 valence electrons. The summed E-state index contributed by atoms with van der Waals surface area (Å²) in [6.45, 7) is 0. The van der Waals surface area contributed by atoms with Crippen LogP contribution in [0.3, 0.4) is 0 Å². The maximum atomic E-state index is 11.4. The highest BCUT2D eigenvalue weighted by Crippen LogP contribution is 2.37. The van der Waals surface area contributed by atoms with Gasteiger partial charge in [-0.1, -0.05) is 36.4 Å². The van der Waals surface area contributed by atoms with Crippen LogP contribution in [0.2, 0.25) is 0 Å². The van der Waals surface area contributed by atoms with Gasteiger partial charge >= 0.3 is 5.97 Å². The van der Waals surface area contributed by atoms with E-state index < -0.39 is 5.97 Å². The van der Waals surface area contributed by atoms with Gasteiger partial charge in [-0.25, -0.2) is 4.98 Å². The molecule has 4 nitrogen and oxygen atoms in total. The summed E-state index contributed by atoms with van der Waals surface area (Å²) in [5.74, 6) is -0.514. The molecule has 0 amide bonds. The number of rotatable bonds is 6. The van der Waals surface area contributed by atoms with Crippen LogP contribution in [0.25, 0.3) is 11.1 Å². The summed E-state index contributed by atoms with van der Waals surface area (Å²) in [5, 5.41) is 12.0. The number of carbonyl (C=O) groups is 1. The van der Waals surface area contributed by atoms with Crippen LogP contribution in [0.15, 0.2) is 60.1 Å². The fourth-order valence-corrected chi connectivity index (χ4v) is 3.49. The van der Waals surface area contributed by atoms with Crippen molar-refractivity contribution >= 4 is 17.3 Å². The van der Waals surface area contributed by atoms with Crippen molar-refractivity contribution in [3.05, 3.63) is 70.7 Å². The molecule has 0 aliphatic rings. The first-order valence-electron chi connectivity index (χ1n) is 7.53. The van der Waals surface area contributed by atoms with Crippen molar-refractivity contribution in [3.8, 4) is 16.9 Å². The molecule has 24 heavy (non-hydrogen) atoms. The first-order valence-corrected chi connectivity index (χ1v) is 8.41. The third kappa shape index (κ3) is 3.46. The lowest BCUT2D eigenvalue weighted by Crippen LogP contribution is -2.09. The SMILES string of the molecule is COc1ccc(-c2ccccc2)cc1C(CC(=O)O)c1nccs1. The van der Waals surface area contributed by atoms with Gasteiger partial charge in [0.25, 0.3) is 0 Å². The molecule has 0 radical (unpaired) electrons. The third-order valence-corrected chi connectivity index (χ3v) is 4.73. The molecule has 0 fully saturated rings. The van der Waals surface area contributed by atoms with Gasteiger partial charge in [-0.15, -0.1) is 11.3 Å². The van der Waals surface area contributed by atoms with Gasteiger partial charge in [-0.05, 0) is 23.3 Å². The van der Waals surface area contributed by atoms with Crippen molar-refractivity contribution in [3.63, 3.8) is 0 Å². The molecule has 0 aliphatic carbocycles. The Hall–Kier alpha value is -2.66. The van der Waals surface area contributed by atoms with Crippen LogP contribution >= 0.6 is 11.3 Å². The van der Waals surface area contributed by atoms with Crippen LogP contribution in [-0.4, -0.2) is 23.2 Å². The van der Waals surface area contributed by atoms with E-state index in [4.69, 9.17) is 4.74 Å². The lowest BCUT2D eigenvalue weighted by molar-refractivity contribution is -0.137. The Morgan fingerprint density at radius 2 is 2.00 bits per heavy atom. The van der Waals surface area contributed by atoms with E-state index >= 15 is 0 Å². The van der Waals surface area contributed by atoms with Crippen molar-refractivity contribution < 1.29 is 14.6 Å². The molecular weight excluding hydrogens is 322 g/mol. The molecule has 1 aromatic heterocycles. The van der Waals surface area contributed by atoms with Crippen LogP contribution in [0.1, 0.15) is 22.9 Å². The predicted octanol–water partition coefficient (Wildman–Crippen LogP) is 4.43. The van der Waals surface area contributed by atoms with Crippen molar-refractivity contribution in [2.45, 2.75) is 12.3 Å². The van der Waals surface area contributed by atoms with Gasteiger partial charge in [0, 0.05) is 17.1 Å². The van der Waals surface area contributed by atoms with E-state index in [0.29, 0.717) is 5.75 Å². The average Bonchev–Trinajstić information content (AvgIpc) is 3.14. The van der Waals surface area contributed by atoms with Crippen molar-refractivity contribution in [1.29, 1.82) is 0 Å². The van der Waals surface area contributed by atoms with E-state index in [2.05, 4.69) is 4.98 Å². The molecule has 1 atom stereocenters. The molecule has 5 heteroatoms. The second-order valence-corrected chi connectivity index (χ2v) is 6.27. The number of hydrogen-bond acceptors (Lipinski definition) is 4. The third-order valence-electron chi connectivity index (χ3n) is 3.84. The number of carboxylic acids is 1. The standard InChI is InChI=1S/C19H17NO3S/c1-23-17-8-7-14(13-5-3-2-4-6-13)11-15(17)16(12-18(21)22)19-20-9-10-24-19/h2-11,16H,12H2,1H3,(H,21,22). The lowest BCUT2D eigenvalue weighted by atomic mass is 9.92. The van der Waals surface area contributed by atoms with E-state index in [0.717, 1.165) is 21.7 Å². The first-order chi connectivity index (χ1) is 11.7. The summed E-state index contributed by atoms with van der Waals surface area (Å²) in [7, 11) is 1.60. The minimum Gasteiger partial charge on any atom is -0.496 e. The molecule has 2 aromatic carbocycles. The summed E-state index contributed by atoms with van der Waals surface area (Å²) >= 11 is 1.46. The normalized spacial score (nSPS) is 11.9. The summed E-state index contributed by atoms with van der Waals surface area (Å²) in [4.78, 5) is 15.7. The number of hydrogen-bond donors (Lipinski definition) is 1. The van der Waals surface area contributed by atoms with Crippen molar-refractivity contribution in [1.82, 2.24) is 4.98 Å². The number of thiazole rings is 1. The quantitative estimate of drug-likeness (QED) is 0.722. The lowest BCUT2D eigenvalue weighted by Gasteiger charge is -2.18. The number of nitrogens with zero attached hydrogens (tertiary/aromatic N) is 1. The summed E-state index contributed by atoms with van der Waals surface area (Å²) in [6.07, 6.45) is 1.67. The highest BCUT2D eigenvalue weighted by molar-refractivity contribution is 7.09. The van der Waals surface area contributed by atoms with Crippen molar-refractivity contribution in [2.24, 2.45) is 0 Å². The monoisotopic (exact) mass is 339 g/mol. The van der Waals surface area contributed by atoms with Crippen molar-refractivity contribution in [2.75, 3.05) is 7.11 Å². The molecule has 0 spiro atoms. The van der Waals surface area contributed by atoms with Gasteiger partial charge in [-0.2, -0.15) is 0 Å². The minimum absolute atomic E-state index is 0.0257. The predicted molar refractivity (Wildman–Crippen MR) is 94.6 cm³/mol. The molecule has 0 aliphatic heterocycles. The van der Waals surface area contributed by atoms with Crippen LogP contribution in [0.5, 0.6) is 5.75 Å². The van der Waals surface area contributed by atoms with Crippen LogP contribution in [0.4, 0.5) is 0 Å². The summed E-state index contributed by atoms with van der Waals surface area (Å²) in [6, 6.07) is 15.9. The van der Waals surface area contributed by atoms with Gasteiger partial charge in [0.05, 0.1) is 19.4 Å². The number of benzene rings is 2. The van der Waals surface area contributed by atoms with E-state index in [1.54, 1.807) is 13.3 Å². The molecule has 3 aromatic rings. The first kappa shape index (κ1) is 16.2. The minimum atomic E-state index is -0.859. The van der Waals surface area contributed by atoms with Crippen LogP contribution < -0.4 is 4.74 Å². The fourth-order valence-electron chi connectivity index (χ4n) is 2.73. The van der Waals surface area contributed by atoms with Gasteiger partial charge < -0.3 is 9.84 Å². The molecule has 3 rings (SSSR count). The zero-order valence-corrected chi connectivity index (χ0v) is 14.0. The Morgan fingerprint density at radius 3 is 2.62 bits per heavy atom. The van der Waals surface area contributed by atoms with Crippen LogP contribution in [0, 0.1) is 0 Å². The number of ether oxygens (including phenoxy) is 1. The van der Waals surface area contributed by atoms with Gasteiger partial charge in [0.1, 0.15) is 10.8 Å². The molecule has 0 saturated carbocycles. The Bertz CT molecular complexity index is 816. The zero-order valence-electron chi connectivity index (χ0n) is 13.2. The number of methoxy groups -OCH3 is 1. The Balaban J connectivity index is 2.10. The Morgan fingerprint density at radius 1 is 1.21 bits per heavy atom. The van der Waals surface area contributed by atoms with E-state index in [1.807, 2.05) is 53.9 Å². The van der Waals surface area contributed by atoms with Gasteiger partial charge in [-0.3, -0.25) is 4.79 Å². The fraction of sp³-hybridized carbons (Fsp3) is 0.158. The Labute approximate surface area is 144 Å². The molecule has 0 bridgehead atoms. The highest BCUT2D eigenvalue weighted by Gasteiger charge is 2.24. The maximum Gasteiger partial charge on any atom is 0.304 e. The Kier molecular flexibility index (Phi) is 4.91. The summed E-state index contributed by atoms with van der Waals surface area (Å²) in [5.41, 5.74) is 2.95. The topological polar surface area (TPSA) is 59.4 Å². The number of carboxylic acid groups (broad SMARTS) is 1. The van der Waals surface area contributed by atoms with E-state index in [1.165, 1.54) is 11.3 Å². The van der Waals surface area contributed by atoms with E-state index in [9.17, 15) is 9.90 Å². The largest absolute Gasteiger partial charge is 0.496 e. The maximum absolute atomic E-state index is 11.4. The van der Waals surface area contributed by atoms with Crippen LogP contribution in [-0.2, 0) is 4.79 Å². The van der Waals surface area contributed by atoms with E-state index in [-0.39, 0.29) is 12.3 Å². The molecule has 1 heterocycles. The smallest absolute Gasteiger partial charge is 0.304 e. The zero-order chi connectivity index (χ0) is 16.9. The second kappa shape index (κ2) is 7.27.